The standard InChI is InChI=1S/C19H25NO3/c1-20-9-8-19-7-6-13(21)11-14(19)15(20)10-12-4-5-16(22-2)18(23-3)17(12)19/h4-5,14-15H,6-11H2,1-3H3/t14-,15+,19+/m1/s1. The molecule has 2 aliphatic carbocycles. The number of methoxy groups -OCH3 is 2. The van der Waals surface area contributed by atoms with Gasteiger partial charge in [0.25, 0.3) is 0 Å². The van der Waals surface area contributed by atoms with E-state index in [4.69, 9.17) is 9.47 Å². The smallest absolute Gasteiger partial charge is 0.164 e. The molecule has 4 rings (SSSR count). The van der Waals surface area contributed by atoms with Gasteiger partial charge in [0, 0.05) is 29.9 Å². The number of Topliss-reactive ketones (excluding diaryl/α,β-unsaturated/α-hetero) is 1. The van der Waals surface area contributed by atoms with Crippen LogP contribution in [0, 0.1) is 5.92 Å². The number of nitrogens with zero attached hydrogens (tertiary/aromatic N) is 1. The van der Waals surface area contributed by atoms with Gasteiger partial charge in [-0.05, 0) is 50.4 Å². The Morgan fingerprint density at radius 1 is 1.17 bits per heavy atom. The Balaban J connectivity index is 1.95. The lowest BCUT2D eigenvalue weighted by Crippen LogP contribution is -2.60. The van der Waals surface area contributed by atoms with Crippen molar-refractivity contribution in [2.45, 2.75) is 43.6 Å². The second-order valence-electron chi connectivity index (χ2n) is 7.34. The highest BCUT2D eigenvalue weighted by atomic mass is 16.5. The molecule has 3 aliphatic rings. The van der Waals surface area contributed by atoms with Crippen LogP contribution in [0.25, 0.3) is 0 Å². The number of likely N-dealkylation sites (tertiary alicyclic amines) is 1. The molecule has 0 N–H and O–H groups in total. The largest absolute Gasteiger partial charge is 0.493 e. The van der Waals surface area contributed by atoms with E-state index in [1.54, 1.807) is 14.2 Å². The summed E-state index contributed by atoms with van der Waals surface area (Å²) in [6, 6.07) is 4.70. The van der Waals surface area contributed by atoms with E-state index in [2.05, 4.69) is 18.0 Å². The number of carbonyl (C=O) groups is 1. The molecule has 0 amide bonds. The van der Waals surface area contributed by atoms with Gasteiger partial charge in [-0.3, -0.25) is 4.79 Å². The van der Waals surface area contributed by atoms with Gasteiger partial charge in [-0.25, -0.2) is 0 Å². The highest BCUT2D eigenvalue weighted by Crippen LogP contribution is 2.58. The van der Waals surface area contributed by atoms with Gasteiger partial charge in [-0.2, -0.15) is 0 Å². The number of hydrogen-bond donors (Lipinski definition) is 0. The molecular weight excluding hydrogens is 290 g/mol. The highest BCUT2D eigenvalue weighted by molar-refractivity contribution is 5.81. The minimum atomic E-state index is 0.0819. The Morgan fingerprint density at radius 3 is 2.74 bits per heavy atom. The van der Waals surface area contributed by atoms with E-state index in [0.29, 0.717) is 24.2 Å². The molecule has 23 heavy (non-hydrogen) atoms. The molecule has 2 bridgehead atoms. The van der Waals surface area contributed by atoms with Gasteiger partial charge in [0.05, 0.1) is 14.2 Å². The molecule has 124 valence electrons. The number of piperidine rings is 1. The quantitative estimate of drug-likeness (QED) is 0.841. The van der Waals surface area contributed by atoms with Crippen LogP contribution in [0.2, 0.25) is 0 Å². The average Bonchev–Trinajstić information content (AvgIpc) is 2.57. The van der Waals surface area contributed by atoms with Crippen LogP contribution in [0.5, 0.6) is 11.5 Å². The zero-order chi connectivity index (χ0) is 16.2. The van der Waals surface area contributed by atoms with E-state index in [9.17, 15) is 4.79 Å². The number of likely N-dealkylation sites (N-methyl/N-ethyl adjacent to an activating group) is 1. The first-order valence-electron chi connectivity index (χ1n) is 8.57. The summed E-state index contributed by atoms with van der Waals surface area (Å²) in [5.41, 5.74) is 2.80. The van der Waals surface area contributed by atoms with Crippen molar-refractivity contribution in [2.75, 3.05) is 27.8 Å². The monoisotopic (exact) mass is 315 g/mol. The first-order chi connectivity index (χ1) is 11.1. The minimum absolute atomic E-state index is 0.0819. The van der Waals surface area contributed by atoms with Crippen molar-refractivity contribution in [2.24, 2.45) is 5.92 Å². The van der Waals surface area contributed by atoms with Crippen LogP contribution in [0.3, 0.4) is 0 Å². The molecule has 0 aromatic heterocycles. The Bertz CT molecular complexity index is 656. The van der Waals surface area contributed by atoms with Crippen molar-refractivity contribution in [1.82, 2.24) is 4.90 Å². The van der Waals surface area contributed by atoms with Crippen LogP contribution >= 0.6 is 0 Å². The van der Waals surface area contributed by atoms with Gasteiger partial charge in [0.15, 0.2) is 11.5 Å². The second-order valence-corrected chi connectivity index (χ2v) is 7.34. The third kappa shape index (κ3) is 1.97. The van der Waals surface area contributed by atoms with Gasteiger partial charge in [-0.1, -0.05) is 6.07 Å². The van der Waals surface area contributed by atoms with E-state index in [0.717, 1.165) is 43.7 Å². The Kier molecular flexibility index (Phi) is 3.41. The molecule has 1 aromatic rings. The summed E-state index contributed by atoms with van der Waals surface area (Å²) in [6.45, 7) is 1.09. The van der Waals surface area contributed by atoms with Gasteiger partial charge >= 0.3 is 0 Å². The van der Waals surface area contributed by atoms with Gasteiger partial charge in [-0.15, -0.1) is 0 Å². The highest BCUT2D eigenvalue weighted by Gasteiger charge is 2.56. The third-order valence-corrected chi connectivity index (χ3v) is 6.51. The summed E-state index contributed by atoms with van der Waals surface area (Å²) in [7, 11) is 5.64. The maximum atomic E-state index is 12.2. The van der Waals surface area contributed by atoms with Crippen LogP contribution in [0.1, 0.15) is 36.8 Å². The zero-order valence-electron chi connectivity index (χ0n) is 14.2. The number of fused-ring (bicyclic) bond motifs is 1. The molecule has 1 aromatic carbocycles. The van der Waals surface area contributed by atoms with Crippen LogP contribution in [0.4, 0.5) is 0 Å². The molecule has 2 fully saturated rings. The summed E-state index contributed by atoms with van der Waals surface area (Å²) in [5, 5.41) is 0. The lowest BCUT2D eigenvalue weighted by Gasteiger charge is -2.58. The second kappa shape index (κ2) is 5.23. The van der Waals surface area contributed by atoms with Crippen molar-refractivity contribution < 1.29 is 14.3 Å². The van der Waals surface area contributed by atoms with Crippen molar-refractivity contribution in [3.63, 3.8) is 0 Å². The van der Waals surface area contributed by atoms with Gasteiger partial charge < -0.3 is 14.4 Å². The number of carbonyl (C=O) groups excluding carboxylic acids is 1. The lowest BCUT2D eigenvalue weighted by molar-refractivity contribution is -0.127. The SMILES string of the molecule is COc1ccc2c(c1OC)[C@]13CCC(=O)C[C@@H]1[C@H](C2)N(C)CC3. The molecule has 1 heterocycles. The molecule has 4 nitrogen and oxygen atoms in total. The first kappa shape index (κ1) is 15.0. The number of ether oxygens (including phenoxy) is 2. The number of hydrogen-bond acceptors (Lipinski definition) is 4. The van der Waals surface area contributed by atoms with E-state index in [1.165, 1.54) is 11.1 Å². The third-order valence-electron chi connectivity index (χ3n) is 6.51. The Labute approximate surface area is 137 Å². The van der Waals surface area contributed by atoms with Crippen molar-refractivity contribution in [3.05, 3.63) is 23.3 Å². The molecule has 0 spiro atoms. The van der Waals surface area contributed by atoms with Crippen molar-refractivity contribution in [1.29, 1.82) is 0 Å². The number of benzene rings is 1. The number of rotatable bonds is 2. The fourth-order valence-electron chi connectivity index (χ4n) is 5.40. The molecule has 0 radical (unpaired) electrons. The predicted octanol–water partition coefficient (Wildman–Crippen LogP) is 2.57. The molecule has 3 atom stereocenters. The fraction of sp³-hybridized carbons (Fsp3) is 0.632. The van der Waals surface area contributed by atoms with E-state index >= 15 is 0 Å². The van der Waals surface area contributed by atoms with Crippen molar-refractivity contribution in [3.8, 4) is 11.5 Å². The molecule has 0 unspecified atom stereocenters. The molecule has 1 aliphatic heterocycles. The maximum Gasteiger partial charge on any atom is 0.164 e. The van der Waals surface area contributed by atoms with Crippen LogP contribution in [0.15, 0.2) is 12.1 Å². The van der Waals surface area contributed by atoms with E-state index in [1.807, 2.05) is 6.07 Å². The zero-order valence-corrected chi connectivity index (χ0v) is 14.2. The first-order valence-corrected chi connectivity index (χ1v) is 8.57. The molecule has 4 heteroatoms. The topological polar surface area (TPSA) is 38.8 Å². The molecular formula is C19H25NO3. The van der Waals surface area contributed by atoms with Gasteiger partial charge in [0.1, 0.15) is 5.78 Å². The van der Waals surface area contributed by atoms with Crippen LogP contribution < -0.4 is 9.47 Å². The molecule has 1 saturated carbocycles. The van der Waals surface area contributed by atoms with Crippen molar-refractivity contribution >= 4 is 5.78 Å². The summed E-state index contributed by atoms with van der Waals surface area (Å²) in [4.78, 5) is 14.6. The summed E-state index contributed by atoms with van der Waals surface area (Å²) < 4.78 is 11.4. The fourth-order valence-corrected chi connectivity index (χ4v) is 5.40. The lowest BCUT2D eigenvalue weighted by atomic mass is 9.52. The van der Waals surface area contributed by atoms with Crippen LogP contribution in [-0.4, -0.2) is 44.5 Å². The van der Waals surface area contributed by atoms with Crippen LogP contribution in [-0.2, 0) is 16.6 Å². The minimum Gasteiger partial charge on any atom is -0.493 e. The molecule has 1 saturated heterocycles. The van der Waals surface area contributed by atoms with E-state index in [-0.39, 0.29) is 5.41 Å². The van der Waals surface area contributed by atoms with Gasteiger partial charge in [0.2, 0.25) is 0 Å². The normalized spacial score (nSPS) is 32.9. The predicted molar refractivity (Wildman–Crippen MR) is 88.3 cm³/mol. The summed E-state index contributed by atoms with van der Waals surface area (Å²) >= 11 is 0. The summed E-state index contributed by atoms with van der Waals surface area (Å²) in [5.74, 6) is 2.55. The summed E-state index contributed by atoms with van der Waals surface area (Å²) in [6.07, 6.45) is 4.49. The average molecular weight is 315 g/mol. The Hall–Kier alpha value is -1.55. The Morgan fingerprint density at radius 2 is 2.00 bits per heavy atom. The number of ketones is 1. The van der Waals surface area contributed by atoms with E-state index < -0.39 is 0 Å². The maximum absolute atomic E-state index is 12.2.